The molecule has 1 saturated heterocycles. The minimum atomic E-state index is -4.41. The first-order valence-electron chi connectivity index (χ1n) is 10.0. The molecule has 2 aromatic carbocycles. The Labute approximate surface area is 203 Å². The van der Waals surface area contributed by atoms with Crippen molar-refractivity contribution in [2.45, 2.75) is 25.1 Å². The molecular weight excluding hydrogens is 502 g/mol. The molecule has 2 heterocycles. The van der Waals surface area contributed by atoms with Crippen molar-refractivity contribution in [2.24, 2.45) is 11.1 Å². The number of hydrogen-bond acceptors (Lipinski definition) is 4. The van der Waals surface area contributed by atoms with Gasteiger partial charge in [0, 0.05) is 30.8 Å². The second kappa shape index (κ2) is 8.89. The summed E-state index contributed by atoms with van der Waals surface area (Å²) >= 11 is 18.4. The van der Waals surface area contributed by atoms with Gasteiger partial charge in [-0.15, -0.1) is 0 Å². The normalized spacial score (nSPS) is 20.8. The number of carbonyl (C=O) groups excluding carboxylic acids is 1. The zero-order valence-electron chi connectivity index (χ0n) is 17.3. The first-order chi connectivity index (χ1) is 15.4. The maximum absolute atomic E-state index is 12.2. The van der Waals surface area contributed by atoms with E-state index in [4.69, 9.17) is 39.6 Å². The molecule has 2 aliphatic rings. The van der Waals surface area contributed by atoms with Gasteiger partial charge < -0.3 is 15.1 Å². The smallest absolute Gasteiger partial charge is 0.384 e. The maximum atomic E-state index is 12.2. The van der Waals surface area contributed by atoms with Crippen LogP contribution in [0.4, 0.5) is 18.9 Å². The zero-order valence-corrected chi connectivity index (χ0v) is 19.6. The van der Waals surface area contributed by atoms with E-state index in [2.05, 4.69) is 5.16 Å². The van der Waals surface area contributed by atoms with Crippen LogP contribution in [0.15, 0.2) is 41.6 Å². The van der Waals surface area contributed by atoms with Crippen molar-refractivity contribution >= 4 is 52.1 Å². The van der Waals surface area contributed by atoms with E-state index in [9.17, 15) is 18.0 Å². The number of rotatable bonds is 5. The monoisotopic (exact) mass is 519 g/mol. The summed E-state index contributed by atoms with van der Waals surface area (Å²) in [5.74, 6) is -1.04. The molecule has 0 bridgehead atoms. The number of amides is 1. The molecular formula is C22H19Cl3F3N3O2. The van der Waals surface area contributed by atoms with Crippen molar-refractivity contribution in [3.05, 3.63) is 62.6 Å². The van der Waals surface area contributed by atoms with E-state index in [1.54, 1.807) is 12.1 Å². The molecule has 2 aliphatic heterocycles. The van der Waals surface area contributed by atoms with Crippen LogP contribution in [0, 0.1) is 5.92 Å². The number of alkyl halides is 3. The molecule has 11 heteroatoms. The van der Waals surface area contributed by atoms with Gasteiger partial charge in [-0.05, 0) is 36.8 Å². The number of halogens is 6. The maximum Gasteiger partial charge on any atom is 0.405 e. The summed E-state index contributed by atoms with van der Waals surface area (Å²) in [6.07, 6.45) is -3.92. The Morgan fingerprint density at radius 1 is 1.18 bits per heavy atom. The Hall–Kier alpha value is -2.16. The summed E-state index contributed by atoms with van der Waals surface area (Å²) in [5, 5.41) is 7.12. The largest absolute Gasteiger partial charge is 0.405 e. The molecule has 176 valence electrons. The fourth-order valence-electron chi connectivity index (χ4n) is 3.76. The number of benzene rings is 2. The topological polar surface area (TPSA) is 53.9 Å². The number of nitrogens with zero attached hydrogens (tertiary/aromatic N) is 2. The lowest BCUT2D eigenvalue weighted by molar-refractivity contribution is -0.141. The summed E-state index contributed by atoms with van der Waals surface area (Å²) < 4.78 is 36.7. The Morgan fingerprint density at radius 2 is 1.79 bits per heavy atom. The predicted octanol–water partition coefficient (Wildman–Crippen LogP) is 5.80. The van der Waals surface area contributed by atoms with Gasteiger partial charge in [-0.1, -0.05) is 52.1 Å². The summed E-state index contributed by atoms with van der Waals surface area (Å²) in [5.41, 5.74) is 2.50. The molecule has 1 amide bonds. The van der Waals surface area contributed by atoms with E-state index in [0.29, 0.717) is 29.6 Å². The van der Waals surface area contributed by atoms with E-state index in [1.165, 1.54) is 0 Å². The summed E-state index contributed by atoms with van der Waals surface area (Å²) in [6.45, 7) is 1.30. The number of nitrogens with one attached hydrogen (secondary N) is 1. The van der Waals surface area contributed by atoms with Crippen LogP contribution in [0.1, 0.15) is 24.5 Å². The molecule has 5 nitrogen and oxygen atoms in total. The highest BCUT2D eigenvalue weighted by molar-refractivity contribution is 6.48. The lowest BCUT2D eigenvalue weighted by Gasteiger charge is -2.40. The third-order valence-corrected chi connectivity index (χ3v) is 6.93. The van der Waals surface area contributed by atoms with Crippen molar-refractivity contribution in [1.82, 2.24) is 5.32 Å². The lowest BCUT2D eigenvalue weighted by atomic mass is 9.89. The first-order valence-corrected chi connectivity index (χ1v) is 11.2. The van der Waals surface area contributed by atoms with Gasteiger partial charge in [-0.25, -0.2) is 0 Å². The number of anilines is 1. The van der Waals surface area contributed by atoms with Crippen LogP contribution >= 0.6 is 34.8 Å². The molecule has 0 spiro atoms. The SMILES string of the molecule is CC1(c2cc(Cl)c(Cl)c(Cl)c2)CC(c2ccc(N3CC(C(=O)NCC(F)(F)F)C3)cc2)=NO1. The average molecular weight is 521 g/mol. The second-order valence-corrected chi connectivity index (χ2v) is 9.46. The lowest BCUT2D eigenvalue weighted by Crippen LogP contribution is -2.54. The quantitative estimate of drug-likeness (QED) is 0.507. The van der Waals surface area contributed by atoms with Crippen LogP contribution in [-0.2, 0) is 15.2 Å². The average Bonchev–Trinajstić information content (AvgIpc) is 3.12. The molecule has 1 unspecified atom stereocenters. The van der Waals surface area contributed by atoms with Crippen LogP contribution in [0.2, 0.25) is 15.1 Å². The molecule has 2 aromatic rings. The Kier molecular flexibility index (Phi) is 6.46. The van der Waals surface area contributed by atoms with Gasteiger partial charge in [0.15, 0.2) is 5.60 Å². The molecule has 1 N–H and O–H groups in total. The Bertz CT molecular complexity index is 1080. The highest BCUT2D eigenvalue weighted by atomic mass is 35.5. The Balaban J connectivity index is 1.36. The van der Waals surface area contributed by atoms with Gasteiger partial charge in [-0.2, -0.15) is 13.2 Å². The van der Waals surface area contributed by atoms with Gasteiger partial charge in [-0.3, -0.25) is 4.79 Å². The molecule has 33 heavy (non-hydrogen) atoms. The first kappa shape index (κ1) is 24.0. The fraction of sp³-hybridized carbons (Fsp3) is 0.364. The summed E-state index contributed by atoms with van der Waals surface area (Å²) in [4.78, 5) is 19.5. The van der Waals surface area contributed by atoms with Gasteiger partial charge >= 0.3 is 6.18 Å². The van der Waals surface area contributed by atoms with Gasteiger partial charge in [0.1, 0.15) is 6.54 Å². The fourth-order valence-corrected chi connectivity index (χ4v) is 4.36. The summed E-state index contributed by atoms with van der Waals surface area (Å²) in [7, 11) is 0. The van der Waals surface area contributed by atoms with E-state index < -0.39 is 30.1 Å². The second-order valence-electron chi connectivity index (χ2n) is 8.27. The highest BCUT2D eigenvalue weighted by Crippen LogP contribution is 2.41. The molecule has 1 atom stereocenters. The van der Waals surface area contributed by atoms with E-state index >= 15 is 0 Å². The number of carbonyl (C=O) groups is 1. The molecule has 4 rings (SSSR count). The number of hydrogen-bond donors (Lipinski definition) is 1. The highest BCUT2D eigenvalue weighted by Gasteiger charge is 2.38. The minimum absolute atomic E-state index is 0.284. The zero-order chi connectivity index (χ0) is 24.0. The van der Waals surface area contributed by atoms with Crippen LogP contribution in [0.5, 0.6) is 0 Å². The third kappa shape index (κ3) is 5.18. The Morgan fingerprint density at radius 3 is 2.36 bits per heavy atom. The van der Waals surface area contributed by atoms with Crippen molar-refractivity contribution in [1.29, 1.82) is 0 Å². The van der Waals surface area contributed by atoms with Crippen molar-refractivity contribution in [3.8, 4) is 0 Å². The third-order valence-electron chi connectivity index (χ3n) is 5.74. The predicted molar refractivity (Wildman–Crippen MR) is 122 cm³/mol. The number of oxime groups is 1. The van der Waals surface area contributed by atoms with Crippen molar-refractivity contribution in [3.63, 3.8) is 0 Å². The minimum Gasteiger partial charge on any atom is -0.384 e. The summed E-state index contributed by atoms with van der Waals surface area (Å²) in [6, 6.07) is 11.0. The molecule has 0 saturated carbocycles. The molecule has 0 radical (unpaired) electrons. The van der Waals surface area contributed by atoms with Crippen molar-refractivity contribution < 1.29 is 22.8 Å². The molecule has 1 fully saturated rings. The molecule has 0 aliphatic carbocycles. The van der Waals surface area contributed by atoms with Crippen LogP contribution in [0.25, 0.3) is 0 Å². The van der Waals surface area contributed by atoms with Crippen molar-refractivity contribution in [2.75, 3.05) is 24.5 Å². The van der Waals surface area contributed by atoms with Crippen LogP contribution in [0.3, 0.4) is 0 Å². The van der Waals surface area contributed by atoms with Gasteiger partial charge in [0.2, 0.25) is 5.91 Å². The molecule has 0 aromatic heterocycles. The van der Waals surface area contributed by atoms with Crippen LogP contribution in [-0.4, -0.2) is 37.4 Å². The standard InChI is InChI=1S/C22H19Cl3F3N3O2/c1-21(14-6-16(23)19(25)17(24)7-14)8-18(30-33-21)12-2-4-15(5-3-12)31-9-13(10-31)20(32)29-11-22(26,27)28/h2-7,13H,8-11H2,1H3,(H,29,32). The van der Waals surface area contributed by atoms with E-state index in [0.717, 1.165) is 22.5 Å². The van der Waals surface area contributed by atoms with Gasteiger partial charge in [0.05, 0.1) is 26.7 Å². The van der Waals surface area contributed by atoms with Gasteiger partial charge in [0.25, 0.3) is 0 Å². The van der Waals surface area contributed by atoms with E-state index in [-0.39, 0.29) is 5.02 Å². The van der Waals surface area contributed by atoms with E-state index in [1.807, 2.05) is 41.4 Å². The van der Waals surface area contributed by atoms with Crippen LogP contribution < -0.4 is 10.2 Å².